The van der Waals surface area contributed by atoms with E-state index in [1.807, 2.05) is 87.5 Å². The monoisotopic (exact) mass is 436 g/mol. The van der Waals surface area contributed by atoms with Gasteiger partial charge in [-0.15, -0.1) is 0 Å². The summed E-state index contributed by atoms with van der Waals surface area (Å²) < 4.78 is 1.72. The van der Waals surface area contributed by atoms with E-state index in [1.54, 1.807) is 10.8 Å². The van der Waals surface area contributed by atoms with E-state index in [-0.39, 0.29) is 22.6 Å². The van der Waals surface area contributed by atoms with Crippen LogP contribution in [0.25, 0.3) is 10.9 Å². The fourth-order valence-electron chi connectivity index (χ4n) is 4.30. The second-order valence-electron chi connectivity index (χ2n) is 9.34. The summed E-state index contributed by atoms with van der Waals surface area (Å²) in [6.07, 6.45) is 1.78. The molecule has 166 valence electrons. The Bertz CT molecular complexity index is 1380. The Balaban J connectivity index is 1.91. The molecule has 0 saturated heterocycles. The Morgan fingerprint density at radius 3 is 2.42 bits per heavy atom. The third-order valence-electron chi connectivity index (χ3n) is 5.83. The topological polar surface area (TPSA) is 70.7 Å². The van der Waals surface area contributed by atoms with Crippen LogP contribution in [0.1, 0.15) is 56.1 Å². The van der Waals surface area contributed by atoms with Crippen LogP contribution < -0.4 is 10.9 Å². The lowest BCUT2D eigenvalue weighted by molar-refractivity contribution is 0.590. The summed E-state index contributed by atoms with van der Waals surface area (Å²) in [5.74, 6) is 0. The molecule has 0 aliphatic rings. The molecule has 1 N–H and O–H groups in total. The van der Waals surface area contributed by atoms with Crippen molar-refractivity contribution in [3.05, 3.63) is 106 Å². The number of benzene rings is 2. The van der Waals surface area contributed by atoms with E-state index in [0.717, 1.165) is 33.4 Å². The minimum absolute atomic E-state index is 0.00147. The molecule has 2 heterocycles. The van der Waals surface area contributed by atoms with E-state index < -0.39 is 0 Å². The van der Waals surface area contributed by atoms with Crippen molar-refractivity contribution in [1.82, 2.24) is 9.55 Å². The maximum absolute atomic E-state index is 13.6. The van der Waals surface area contributed by atoms with Crippen LogP contribution in [0.4, 0.5) is 5.69 Å². The van der Waals surface area contributed by atoms with Crippen molar-refractivity contribution < 1.29 is 0 Å². The number of nitrogens with zero attached hydrogens (tertiary/aromatic N) is 3. The van der Waals surface area contributed by atoms with E-state index in [1.165, 1.54) is 0 Å². The summed E-state index contributed by atoms with van der Waals surface area (Å²) in [5.41, 5.74) is 4.05. The lowest BCUT2D eigenvalue weighted by atomic mass is 9.82. The third-order valence-corrected chi connectivity index (χ3v) is 5.83. The number of fused-ring (bicyclic) bond motifs is 1. The van der Waals surface area contributed by atoms with Gasteiger partial charge in [-0.25, -0.2) is 0 Å². The zero-order chi connectivity index (χ0) is 23.6. The molecular formula is C28H28N4O. The minimum atomic E-state index is -0.357. The molecule has 0 saturated carbocycles. The summed E-state index contributed by atoms with van der Waals surface area (Å²) in [7, 11) is 0. The van der Waals surface area contributed by atoms with Crippen LogP contribution in [0.3, 0.4) is 0 Å². The molecule has 0 radical (unpaired) electrons. The Morgan fingerprint density at radius 2 is 1.79 bits per heavy atom. The minimum Gasteiger partial charge on any atom is -0.377 e. The van der Waals surface area contributed by atoms with Gasteiger partial charge in [0.15, 0.2) is 0 Å². The molecule has 0 aliphatic carbocycles. The fraction of sp³-hybridized carbons (Fsp3) is 0.250. The van der Waals surface area contributed by atoms with Gasteiger partial charge < -0.3 is 9.88 Å². The van der Waals surface area contributed by atoms with Crippen LogP contribution in [0.2, 0.25) is 0 Å². The smallest absolute Gasteiger partial charge is 0.269 e. The van der Waals surface area contributed by atoms with Gasteiger partial charge in [-0.2, -0.15) is 5.26 Å². The predicted molar refractivity (Wildman–Crippen MR) is 133 cm³/mol. The van der Waals surface area contributed by atoms with Gasteiger partial charge in [0, 0.05) is 17.3 Å². The molecule has 2 aromatic carbocycles. The Labute approximate surface area is 194 Å². The average Bonchev–Trinajstić information content (AvgIpc) is 2.81. The van der Waals surface area contributed by atoms with Crippen molar-refractivity contribution in [3.8, 4) is 6.07 Å². The first-order valence-electron chi connectivity index (χ1n) is 11.1. The van der Waals surface area contributed by atoms with E-state index in [9.17, 15) is 10.1 Å². The van der Waals surface area contributed by atoms with Crippen LogP contribution in [0.5, 0.6) is 0 Å². The van der Waals surface area contributed by atoms with Crippen LogP contribution in [0, 0.1) is 11.3 Å². The van der Waals surface area contributed by atoms with Crippen molar-refractivity contribution in [2.45, 2.75) is 45.7 Å². The first-order valence-corrected chi connectivity index (χ1v) is 11.1. The molecular weight excluding hydrogens is 408 g/mol. The summed E-state index contributed by atoms with van der Waals surface area (Å²) in [5, 5.41) is 14.4. The fourth-order valence-corrected chi connectivity index (χ4v) is 4.30. The van der Waals surface area contributed by atoms with Crippen molar-refractivity contribution in [1.29, 1.82) is 5.26 Å². The van der Waals surface area contributed by atoms with Gasteiger partial charge in [0.1, 0.15) is 11.6 Å². The Hall–Kier alpha value is -3.91. The lowest BCUT2D eigenvalue weighted by Gasteiger charge is -2.25. The van der Waals surface area contributed by atoms with Gasteiger partial charge in [0.2, 0.25) is 0 Å². The molecule has 4 aromatic rings. The number of rotatable bonds is 5. The summed E-state index contributed by atoms with van der Waals surface area (Å²) in [4.78, 5) is 18.0. The van der Waals surface area contributed by atoms with Crippen LogP contribution in [-0.2, 0) is 12.0 Å². The number of hydrogen-bond donors (Lipinski definition) is 1. The van der Waals surface area contributed by atoms with Gasteiger partial charge in [-0.1, -0.05) is 63.2 Å². The summed E-state index contributed by atoms with van der Waals surface area (Å²) in [6.45, 7) is 8.58. The van der Waals surface area contributed by atoms with Crippen LogP contribution in [-0.4, -0.2) is 9.55 Å². The first kappa shape index (κ1) is 22.3. The van der Waals surface area contributed by atoms with E-state index >= 15 is 0 Å². The number of hydrogen-bond acceptors (Lipinski definition) is 4. The number of anilines is 1. The van der Waals surface area contributed by atoms with Crippen molar-refractivity contribution in [3.63, 3.8) is 0 Å². The van der Waals surface area contributed by atoms with E-state index in [0.29, 0.717) is 6.54 Å². The molecule has 0 spiro atoms. The van der Waals surface area contributed by atoms with Gasteiger partial charge in [-0.3, -0.25) is 9.78 Å². The summed E-state index contributed by atoms with van der Waals surface area (Å²) >= 11 is 0. The lowest BCUT2D eigenvalue weighted by Crippen LogP contribution is -2.29. The highest BCUT2D eigenvalue weighted by Gasteiger charge is 2.26. The molecule has 5 heteroatoms. The van der Waals surface area contributed by atoms with Crippen molar-refractivity contribution >= 4 is 16.6 Å². The summed E-state index contributed by atoms with van der Waals surface area (Å²) in [6, 6.07) is 23.9. The molecule has 0 aliphatic heterocycles. The van der Waals surface area contributed by atoms with E-state index in [4.69, 9.17) is 0 Å². The molecule has 33 heavy (non-hydrogen) atoms. The molecule has 2 aromatic heterocycles. The van der Waals surface area contributed by atoms with Crippen LogP contribution >= 0.6 is 0 Å². The highest BCUT2D eigenvalue weighted by atomic mass is 16.1. The number of nitriles is 1. The molecule has 0 bridgehead atoms. The van der Waals surface area contributed by atoms with Gasteiger partial charge >= 0.3 is 0 Å². The van der Waals surface area contributed by atoms with Crippen molar-refractivity contribution in [2.75, 3.05) is 5.32 Å². The number of aromatic nitrogens is 2. The van der Waals surface area contributed by atoms with Gasteiger partial charge in [-0.05, 0) is 47.7 Å². The maximum atomic E-state index is 13.6. The Kier molecular flexibility index (Phi) is 6.02. The predicted octanol–water partition coefficient (Wildman–Crippen LogP) is 5.79. The number of nitrogens with one attached hydrogen (secondary N) is 1. The molecule has 0 fully saturated rings. The van der Waals surface area contributed by atoms with Crippen molar-refractivity contribution in [2.24, 2.45) is 0 Å². The van der Waals surface area contributed by atoms with Crippen LogP contribution in [0.15, 0.2) is 77.7 Å². The zero-order valence-corrected chi connectivity index (χ0v) is 19.5. The van der Waals surface area contributed by atoms with Gasteiger partial charge in [0.25, 0.3) is 5.56 Å². The average molecular weight is 437 g/mol. The standard InChI is InChI=1S/C28H28N4O/c1-19(24-12-8-9-15-30-24)31-21-13-14-22-25(16-21)32(18-20-10-6-5-7-11-20)27(33)23(17-29)26(22)28(2,3)4/h5-16,19,31H,18H2,1-4H3. The largest absolute Gasteiger partial charge is 0.377 e. The maximum Gasteiger partial charge on any atom is 0.269 e. The SMILES string of the molecule is CC(Nc1ccc2c(C(C)(C)C)c(C#N)c(=O)n(Cc3ccccc3)c2c1)c1ccccn1. The molecule has 1 atom stereocenters. The third kappa shape index (κ3) is 4.51. The first-order chi connectivity index (χ1) is 15.8. The Morgan fingerprint density at radius 1 is 1.06 bits per heavy atom. The van der Waals surface area contributed by atoms with Gasteiger partial charge in [0.05, 0.1) is 23.8 Å². The molecule has 4 rings (SSSR count). The normalized spacial score (nSPS) is 12.3. The molecule has 5 nitrogen and oxygen atoms in total. The molecule has 0 amide bonds. The zero-order valence-electron chi connectivity index (χ0n) is 19.5. The number of pyridine rings is 2. The quantitative estimate of drug-likeness (QED) is 0.430. The van der Waals surface area contributed by atoms with E-state index in [2.05, 4.69) is 23.3 Å². The highest BCUT2D eigenvalue weighted by molar-refractivity contribution is 5.88. The molecule has 1 unspecified atom stereocenters. The highest BCUT2D eigenvalue weighted by Crippen LogP contribution is 2.33. The second-order valence-corrected chi connectivity index (χ2v) is 9.34. The second kappa shape index (κ2) is 8.91.